The van der Waals surface area contributed by atoms with Gasteiger partial charge in [0.15, 0.2) is 0 Å². The zero-order valence-corrected chi connectivity index (χ0v) is 18.4. The minimum atomic E-state index is -0.843. The average molecular weight is 407 g/mol. The minimum Gasteiger partial charge on any atom is -0.355 e. The number of para-hydroxylation sites is 1. The van der Waals surface area contributed by atoms with E-state index in [2.05, 4.69) is 24.4 Å². The van der Waals surface area contributed by atoms with E-state index in [1.54, 1.807) is 11.9 Å². The maximum atomic E-state index is 13.2. The molecular formula is C26H34N2O2. The van der Waals surface area contributed by atoms with Gasteiger partial charge in [0.25, 0.3) is 0 Å². The van der Waals surface area contributed by atoms with Gasteiger partial charge in [-0.3, -0.25) is 9.59 Å². The van der Waals surface area contributed by atoms with E-state index in [4.69, 9.17) is 0 Å². The van der Waals surface area contributed by atoms with Gasteiger partial charge in [-0.15, -0.1) is 0 Å². The summed E-state index contributed by atoms with van der Waals surface area (Å²) in [7, 11) is 1.72. The molecule has 0 fully saturated rings. The SMILES string of the molecule is CCCCCCNC(=O)C(/C=C(\C)Cc1ccccc1)C(=O)N(C)c1ccccc1. The number of amides is 2. The number of carbonyl (C=O) groups excluding carboxylic acids is 2. The lowest BCUT2D eigenvalue weighted by atomic mass is 9.99. The zero-order valence-electron chi connectivity index (χ0n) is 18.4. The first-order chi connectivity index (χ1) is 14.5. The summed E-state index contributed by atoms with van der Waals surface area (Å²) in [6.45, 7) is 4.74. The van der Waals surface area contributed by atoms with E-state index >= 15 is 0 Å². The largest absolute Gasteiger partial charge is 0.355 e. The molecule has 0 saturated heterocycles. The van der Waals surface area contributed by atoms with E-state index in [0.29, 0.717) is 13.0 Å². The molecule has 2 amide bonds. The lowest BCUT2D eigenvalue weighted by Gasteiger charge is -2.22. The van der Waals surface area contributed by atoms with E-state index in [9.17, 15) is 9.59 Å². The van der Waals surface area contributed by atoms with Gasteiger partial charge in [0.05, 0.1) is 0 Å². The van der Waals surface area contributed by atoms with Crippen LogP contribution in [0.25, 0.3) is 0 Å². The second-order valence-electron chi connectivity index (χ2n) is 7.74. The molecule has 0 spiro atoms. The molecule has 0 radical (unpaired) electrons. The van der Waals surface area contributed by atoms with Gasteiger partial charge in [-0.05, 0) is 37.5 Å². The third-order valence-corrected chi connectivity index (χ3v) is 5.13. The number of nitrogens with one attached hydrogen (secondary N) is 1. The van der Waals surface area contributed by atoms with Crippen LogP contribution in [-0.4, -0.2) is 25.4 Å². The number of rotatable bonds is 11. The molecule has 1 N–H and O–H groups in total. The van der Waals surface area contributed by atoms with Gasteiger partial charge in [-0.1, -0.05) is 86.4 Å². The molecule has 0 aromatic heterocycles. The van der Waals surface area contributed by atoms with Gasteiger partial charge in [0, 0.05) is 19.3 Å². The van der Waals surface area contributed by atoms with Crippen molar-refractivity contribution >= 4 is 17.5 Å². The van der Waals surface area contributed by atoms with E-state index in [1.807, 2.05) is 61.5 Å². The van der Waals surface area contributed by atoms with Crippen molar-refractivity contribution in [1.82, 2.24) is 5.32 Å². The number of allylic oxidation sites excluding steroid dienone is 1. The van der Waals surface area contributed by atoms with Crippen LogP contribution in [-0.2, 0) is 16.0 Å². The molecule has 0 saturated carbocycles. The van der Waals surface area contributed by atoms with Crippen LogP contribution in [0, 0.1) is 5.92 Å². The third kappa shape index (κ3) is 7.51. The monoisotopic (exact) mass is 406 g/mol. The molecular weight excluding hydrogens is 372 g/mol. The van der Waals surface area contributed by atoms with Crippen LogP contribution in [0.1, 0.15) is 45.1 Å². The van der Waals surface area contributed by atoms with E-state index in [0.717, 1.165) is 42.5 Å². The van der Waals surface area contributed by atoms with Gasteiger partial charge < -0.3 is 10.2 Å². The molecule has 0 aliphatic heterocycles. The lowest BCUT2D eigenvalue weighted by molar-refractivity contribution is -0.131. The van der Waals surface area contributed by atoms with Crippen LogP contribution in [0.5, 0.6) is 0 Å². The van der Waals surface area contributed by atoms with Gasteiger partial charge in [0.2, 0.25) is 11.8 Å². The standard InChI is InChI=1S/C26H34N2O2/c1-4-5-6-13-18-27-25(29)24(20-21(2)19-22-14-9-7-10-15-22)26(30)28(3)23-16-11-8-12-17-23/h7-12,14-17,20,24H,4-6,13,18-19H2,1-3H3,(H,27,29)/b21-20+. The minimum absolute atomic E-state index is 0.223. The van der Waals surface area contributed by atoms with Crippen LogP contribution in [0.15, 0.2) is 72.3 Å². The maximum absolute atomic E-state index is 13.2. The fourth-order valence-electron chi connectivity index (χ4n) is 3.38. The fraction of sp³-hybridized carbons (Fsp3) is 0.385. The number of anilines is 1. The highest BCUT2D eigenvalue weighted by Crippen LogP contribution is 2.18. The summed E-state index contributed by atoms with van der Waals surface area (Å²) in [4.78, 5) is 27.7. The molecule has 2 rings (SSSR count). The first-order valence-corrected chi connectivity index (χ1v) is 10.8. The van der Waals surface area contributed by atoms with Gasteiger partial charge in [-0.25, -0.2) is 0 Å². The quantitative estimate of drug-likeness (QED) is 0.319. The number of hydrogen-bond donors (Lipinski definition) is 1. The molecule has 4 heteroatoms. The van der Waals surface area contributed by atoms with Crippen LogP contribution in [0.3, 0.4) is 0 Å². The predicted molar refractivity (Wildman–Crippen MR) is 124 cm³/mol. The Labute approximate surface area is 181 Å². The Bertz CT molecular complexity index is 815. The van der Waals surface area contributed by atoms with Gasteiger partial charge >= 0.3 is 0 Å². The van der Waals surface area contributed by atoms with Crippen molar-refractivity contribution in [2.45, 2.75) is 46.0 Å². The number of hydrogen-bond acceptors (Lipinski definition) is 2. The highest BCUT2D eigenvalue weighted by atomic mass is 16.2. The van der Waals surface area contributed by atoms with Gasteiger partial charge in [-0.2, -0.15) is 0 Å². The summed E-state index contributed by atoms with van der Waals surface area (Å²) in [6.07, 6.45) is 6.85. The topological polar surface area (TPSA) is 49.4 Å². The molecule has 0 aliphatic rings. The number of carbonyl (C=O) groups is 2. The maximum Gasteiger partial charge on any atom is 0.243 e. The second-order valence-corrected chi connectivity index (χ2v) is 7.74. The molecule has 30 heavy (non-hydrogen) atoms. The van der Waals surface area contributed by atoms with E-state index < -0.39 is 5.92 Å². The van der Waals surface area contributed by atoms with Crippen molar-refractivity contribution < 1.29 is 9.59 Å². The van der Waals surface area contributed by atoms with Crippen LogP contribution in [0.2, 0.25) is 0 Å². The highest BCUT2D eigenvalue weighted by Gasteiger charge is 2.28. The van der Waals surface area contributed by atoms with Crippen molar-refractivity contribution in [3.63, 3.8) is 0 Å². The molecule has 1 unspecified atom stereocenters. The van der Waals surface area contributed by atoms with Crippen molar-refractivity contribution in [2.24, 2.45) is 5.92 Å². The molecule has 2 aromatic carbocycles. The average Bonchev–Trinajstić information content (AvgIpc) is 2.77. The summed E-state index contributed by atoms with van der Waals surface area (Å²) in [5, 5.41) is 2.97. The predicted octanol–water partition coefficient (Wildman–Crippen LogP) is 5.15. The smallest absolute Gasteiger partial charge is 0.243 e. The molecule has 0 bridgehead atoms. The molecule has 1 atom stereocenters. The fourth-order valence-corrected chi connectivity index (χ4v) is 3.38. The number of benzene rings is 2. The summed E-state index contributed by atoms with van der Waals surface area (Å²) in [5.74, 6) is -1.29. The Morgan fingerprint density at radius 1 is 0.967 bits per heavy atom. The van der Waals surface area contributed by atoms with Crippen LogP contribution in [0.4, 0.5) is 5.69 Å². The van der Waals surface area contributed by atoms with E-state index in [1.165, 1.54) is 0 Å². The van der Waals surface area contributed by atoms with Crippen molar-refractivity contribution in [2.75, 3.05) is 18.5 Å². The summed E-state index contributed by atoms with van der Waals surface area (Å²) in [6, 6.07) is 19.5. The summed E-state index contributed by atoms with van der Waals surface area (Å²) < 4.78 is 0. The number of unbranched alkanes of at least 4 members (excludes halogenated alkanes) is 3. The molecule has 0 aliphatic carbocycles. The third-order valence-electron chi connectivity index (χ3n) is 5.13. The Hall–Kier alpha value is -2.88. The Morgan fingerprint density at radius 3 is 2.23 bits per heavy atom. The molecule has 0 heterocycles. The molecule has 4 nitrogen and oxygen atoms in total. The number of nitrogens with zero attached hydrogens (tertiary/aromatic N) is 1. The summed E-state index contributed by atoms with van der Waals surface area (Å²) in [5.41, 5.74) is 2.94. The first kappa shape index (κ1) is 23.4. The van der Waals surface area contributed by atoms with Crippen molar-refractivity contribution in [3.8, 4) is 0 Å². The summed E-state index contributed by atoms with van der Waals surface area (Å²) >= 11 is 0. The van der Waals surface area contributed by atoms with Crippen LogP contribution < -0.4 is 10.2 Å². The van der Waals surface area contributed by atoms with Crippen molar-refractivity contribution in [1.29, 1.82) is 0 Å². The van der Waals surface area contributed by atoms with Gasteiger partial charge in [0.1, 0.15) is 5.92 Å². The zero-order chi connectivity index (χ0) is 21.8. The second kappa shape index (κ2) is 12.6. The van der Waals surface area contributed by atoms with Crippen molar-refractivity contribution in [3.05, 3.63) is 77.9 Å². The normalized spacial score (nSPS) is 12.3. The van der Waals surface area contributed by atoms with Crippen LogP contribution >= 0.6 is 0 Å². The first-order valence-electron chi connectivity index (χ1n) is 10.8. The Kier molecular flexibility index (Phi) is 9.85. The molecule has 160 valence electrons. The lowest BCUT2D eigenvalue weighted by Crippen LogP contribution is -2.42. The Morgan fingerprint density at radius 2 is 1.60 bits per heavy atom. The molecule has 2 aromatic rings. The highest BCUT2D eigenvalue weighted by molar-refractivity contribution is 6.09. The Balaban J connectivity index is 2.15. The van der Waals surface area contributed by atoms with E-state index in [-0.39, 0.29) is 11.8 Å².